The molecule has 0 amide bonds. The van der Waals surface area contributed by atoms with Gasteiger partial charge < -0.3 is 0 Å². The second-order valence-corrected chi connectivity index (χ2v) is 20.1. The first-order valence-corrected chi connectivity index (χ1v) is 15.5. The van der Waals surface area contributed by atoms with E-state index in [9.17, 15) is 0 Å². The fourth-order valence-electron chi connectivity index (χ4n) is 2.45. The second-order valence-electron chi connectivity index (χ2n) is 6.82. The topological polar surface area (TPSA) is 99.5 Å². The molecule has 0 saturated carbocycles. The Morgan fingerprint density at radius 3 is 1.21 bits per heavy atom. The van der Waals surface area contributed by atoms with Crippen LogP contribution in [0.15, 0.2) is 30.3 Å². The van der Waals surface area contributed by atoms with Gasteiger partial charge in [-0.15, -0.1) is 8.20 Å². The van der Waals surface area contributed by atoms with E-state index in [2.05, 4.69) is 109 Å². The van der Waals surface area contributed by atoms with E-state index >= 15 is 0 Å². The van der Waals surface area contributed by atoms with Gasteiger partial charge in [-0.2, -0.15) is 0 Å². The van der Waals surface area contributed by atoms with E-state index in [0.717, 1.165) is 4.91 Å². The van der Waals surface area contributed by atoms with Crippen molar-refractivity contribution in [1.82, 2.24) is 0 Å². The minimum absolute atomic E-state index is 0. The third kappa shape index (κ3) is 25.2. The van der Waals surface area contributed by atoms with Crippen molar-refractivity contribution >= 4 is 30.1 Å². The summed E-state index contributed by atoms with van der Waals surface area (Å²) >= 11 is 0. The zero-order chi connectivity index (χ0) is 23.1. The van der Waals surface area contributed by atoms with Crippen LogP contribution < -0.4 is 0 Å². The van der Waals surface area contributed by atoms with E-state index in [1.807, 2.05) is 0 Å². The zero-order valence-electron chi connectivity index (χ0n) is 16.9. The molecule has 0 atom stereocenters. The molecule has 0 aromatic heterocycles. The van der Waals surface area contributed by atoms with Gasteiger partial charge in [0.2, 0.25) is 0 Å². The Kier molecular flexibility index (Phi) is 42.2. The third-order valence-electron chi connectivity index (χ3n) is 2.81. The molecule has 0 bridgehead atoms. The molecule has 5 nitrogen and oxygen atoms in total. The summed E-state index contributed by atoms with van der Waals surface area (Å²) in [5, 5.41) is 0. The van der Waals surface area contributed by atoms with Gasteiger partial charge in [0.1, 0.15) is 0 Å². The molecule has 150 valence electrons. The predicted octanol–water partition coefficient (Wildman–Crippen LogP) is 4.72. The number of rotatable bonds is 4. The second kappa shape index (κ2) is 28.4. The Labute approximate surface area is 187 Å². The summed E-state index contributed by atoms with van der Waals surface area (Å²) in [4.78, 5) is 0.940. The normalized spacial score (nSPS) is 8.61. The SMILES string of the molecule is C[Si](C)(C)C(P=Cc1ccccc1)[Si](C)(C)C.[C-]#[O+].[C-]#[O+].[C-]#[O+].[C-]#[O+].[C-]#[O+].[W]. The molecule has 0 unspecified atom stereocenters. The molecule has 0 heterocycles. The quantitative estimate of drug-likeness (QED) is 0.206. The van der Waals surface area contributed by atoms with Crippen LogP contribution in [0.1, 0.15) is 5.56 Å². The van der Waals surface area contributed by atoms with Crippen LogP contribution in [0, 0.1) is 33.3 Å². The Morgan fingerprint density at radius 2 is 0.964 bits per heavy atom. The van der Waals surface area contributed by atoms with Crippen molar-refractivity contribution in [3.63, 3.8) is 0 Å². The first kappa shape index (κ1) is 41.6. The molecule has 0 aliphatic heterocycles. The smallest absolute Gasteiger partial charge is 0 e. The Hall–Kier alpha value is -0.788. The monoisotopic (exact) mass is 604 g/mol. The molecule has 0 N–H and O–H groups in total. The molecular weight excluding hydrogens is 579 g/mol. The number of hydrogen-bond donors (Lipinski definition) is 0. The van der Waals surface area contributed by atoms with Crippen LogP contribution in [0.25, 0.3) is 0 Å². The van der Waals surface area contributed by atoms with Crippen molar-refractivity contribution < 1.29 is 44.3 Å². The standard InChI is InChI=1S/C14H25PSi2.5CO.W/c1-16(2,3)14(17(4,5)6)15-12-13-10-8-7-9-11-13;5*1-2;/h7-12,14H,1-6H3;;;;;;. The maximum Gasteiger partial charge on any atom is 0 e. The largest absolute Gasteiger partial charge is 0 e. The Balaban J connectivity index is -0.0000000956. The fourth-order valence-corrected chi connectivity index (χ4v) is 17.4. The van der Waals surface area contributed by atoms with Crippen molar-refractivity contribution in [2.75, 3.05) is 0 Å². The molecule has 9 heteroatoms. The summed E-state index contributed by atoms with van der Waals surface area (Å²) in [7, 11) is -0.571. The maximum absolute atomic E-state index is 7.50. The first-order chi connectivity index (χ1) is 12.7. The van der Waals surface area contributed by atoms with Crippen molar-refractivity contribution in [2.45, 2.75) is 44.2 Å². The maximum atomic E-state index is 7.50. The van der Waals surface area contributed by atoms with Gasteiger partial charge in [-0.05, 0) is 16.3 Å². The molecule has 0 aliphatic rings. The molecule has 0 spiro atoms. The molecule has 1 rings (SSSR count). The minimum atomic E-state index is -1.06. The molecule has 0 aliphatic carbocycles. The van der Waals surface area contributed by atoms with Crippen molar-refractivity contribution in [3.8, 4) is 0 Å². The van der Waals surface area contributed by atoms with Crippen LogP contribution in [0.5, 0.6) is 0 Å². The molecule has 0 saturated heterocycles. The van der Waals surface area contributed by atoms with Gasteiger partial charge in [0.05, 0.1) is 16.1 Å². The zero-order valence-corrected chi connectivity index (χ0v) is 22.8. The van der Waals surface area contributed by atoms with Crippen LogP contribution in [0.3, 0.4) is 0 Å². The van der Waals surface area contributed by atoms with Gasteiger partial charge in [0.15, 0.2) is 0 Å². The van der Waals surface area contributed by atoms with E-state index in [-0.39, 0.29) is 21.1 Å². The Bertz CT molecular complexity index is 534. The van der Waals surface area contributed by atoms with E-state index in [1.165, 1.54) is 5.56 Å². The molecule has 1 aromatic rings. The number of hydrogen-bond acceptors (Lipinski definition) is 0. The summed E-state index contributed by atoms with van der Waals surface area (Å²) < 4.78 is 37.5. The summed E-state index contributed by atoms with van der Waals surface area (Å²) in [5.74, 6) is 2.42. The van der Waals surface area contributed by atoms with E-state index < -0.39 is 16.1 Å². The van der Waals surface area contributed by atoms with Gasteiger partial charge in [0.25, 0.3) is 0 Å². The fraction of sp³-hybridized carbons (Fsp3) is 0.368. The van der Waals surface area contributed by atoms with Gasteiger partial charge in [-0.25, -0.2) is 0 Å². The molecule has 0 fully saturated rings. The van der Waals surface area contributed by atoms with Gasteiger partial charge in [0, 0.05) is 21.1 Å². The average Bonchev–Trinajstić information content (AvgIpc) is 2.69. The summed E-state index contributed by atoms with van der Waals surface area (Å²) in [5.41, 5.74) is 1.37. The van der Waals surface area contributed by atoms with Crippen LogP contribution in [-0.4, -0.2) is 26.8 Å². The van der Waals surface area contributed by atoms with Crippen LogP contribution in [0.2, 0.25) is 39.3 Å². The predicted molar refractivity (Wildman–Crippen MR) is 109 cm³/mol. The third-order valence-corrected chi connectivity index (χ3v) is 17.6. The summed E-state index contributed by atoms with van der Waals surface area (Å²) in [6.45, 7) is 37.6. The first-order valence-electron chi connectivity index (χ1n) is 7.31. The van der Waals surface area contributed by atoms with Crippen molar-refractivity contribution in [1.29, 1.82) is 0 Å². The van der Waals surface area contributed by atoms with Crippen molar-refractivity contribution in [2.24, 2.45) is 0 Å². The number of benzene rings is 1. The minimum Gasteiger partial charge on any atom is 0 e. The molecule has 0 radical (unpaired) electrons. The van der Waals surface area contributed by atoms with Crippen LogP contribution in [0.4, 0.5) is 0 Å². The van der Waals surface area contributed by atoms with Crippen molar-refractivity contribution in [3.05, 3.63) is 69.1 Å². The molecule has 28 heavy (non-hydrogen) atoms. The summed E-state index contributed by atoms with van der Waals surface area (Å²) in [6, 6.07) is 10.7. The molecule has 1 aromatic carbocycles. The van der Waals surface area contributed by atoms with E-state index in [0.29, 0.717) is 0 Å². The summed E-state index contributed by atoms with van der Waals surface area (Å²) in [6.07, 6.45) is 0. The molecular formula is C19H25O5PSi2W. The van der Waals surface area contributed by atoms with Crippen LogP contribution >= 0.6 is 8.20 Å². The van der Waals surface area contributed by atoms with Gasteiger partial charge in [-0.1, -0.05) is 69.6 Å². The van der Waals surface area contributed by atoms with E-state index in [1.54, 1.807) is 8.20 Å². The van der Waals surface area contributed by atoms with Gasteiger partial charge >= 0.3 is 56.5 Å². The Morgan fingerprint density at radius 1 is 0.679 bits per heavy atom. The average molecular weight is 604 g/mol. The van der Waals surface area contributed by atoms with Gasteiger partial charge in [-0.3, -0.25) is 0 Å². The van der Waals surface area contributed by atoms with E-state index in [4.69, 9.17) is 23.3 Å². The van der Waals surface area contributed by atoms with Crippen LogP contribution in [-0.2, 0) is 44.3 Å².